The molecule has 0 spiro atoms. The summed E-state index contributed by atoms with van der Waals surface area (Å²) in [6.07, 6.45) is -2.92. The van der Waals surface area contributed by atoms with Crippen LogP contribution >= 0.6 is 10.7 Å². The molecule has 0 radical (unpaired) electrons. The van der Waals surface area contributed by atoms with E-state index in [1.807, 2.05) is 0 Å². The van der Waals surface area contributed by atoms with E-state index in [1.54, 1.807) is 0 Å². The third-order valence-corrected chi connectivity index (χ3v) is 3.38. The first kappa shape index (κ1) is 12.9. The number of aryl methyl sites for hydroxylation is 1. The molecule has 86 valence electrons. The fraction of sp³-hybridized carbons (Fsp3) is 0.222. The summed E-state index contributed by atoms with van der Waals surface area (Å²) in [5, 5.41) is 8.73. The van der Waals surface area contributed by atoms with Gasteiger partial charge in [-0.3, -0.25) is 0 Å². The minimum absolute atomic E-state index is 0.149. The molecule has 0 aliphatic carbocycles. The highest BCUT2D eigenvalue weighted by atomic mass is 35.7. The lowest BCUT2D eigenvalue weighted by Crippen LogP contribution is -2.02. The highest BCUT2D eigenvalue weighted by Gasteiger charge is 2.24. The fourth-order valence-electron chi connectivity index (χ4n) is 1.30. The molecule has 0 N–H and O–H groups in total. The van der Waals surface area contributed by atoms with Crippen molar-refractivity contribution >= 4 is 19.7 Å². The second-order valence-electron chi connectivity index (χ2n) is 3.02. The Morgan fingerprint density at radius 3 is 2.38 bits per heavy atom. The lowest BCUT2D eigenvalue weighted by atomic mass is 10.0. The molecule has 1 rings (SSSR count). The van der Waals surface area contributed by atoms with Crippen LogP contribution in [0, 0.1) is 18.3 Å². The third-order valence-electron chi connectivity index (χ3n) is 2.02. The van der Waals surface area contributed by atoms with E-state index in [0.29, 0.717) is 0 Å². The van der Waals surface area contributed by atoms with Gasteiger partial charge in [0.15, 0.2) is 0 Å². The molecule has 1 aromatic carbocycles. The predicted molar refractivity (Wildman–Crippen MR) is 53.9 cm³/mol. The molecular weight excluding hydrogens is 260 g/mol. The van der Waals surface area contributed by atoms with E-state index in [1.165, 1.54) is 19.1 Å². The standard InChI is InChI=1S/C9H6ClF2NO2S/c1-5-2-3-7(16(10,14)15)6(4-13)8(5)9(11)12/h2-3,9H,1H3. The molecule has 16 heavy (non-hydrogen) atoms. The van der Waals surface area contributed by atoms with E-state index in [-0.39, 0.29) is 5.56 Å². The SMILES string of the molecule is Cc1ccc(S(=O)(=O)Cl)c(C#N)c1C(F)F. The number of nitriles is 1. The third kappa shape index (κ3) is 2.31. The van der Waals surface area contributed by atoms with Crippen LogP contribution in [0.5, 0.6) is 0 Å². The van der Waals surface area contributed by atoms with Crippen molar-refractivity contribution in [2.45, 2.75) is 18.2 Å². The molecule has 1 aromatic rings. The van der Waals surface area contributed by atoms with Gasteiger partial charge in [-0.2, -0.15) is 5.26 Å². The Morgan fingerprint density at radius 2 is 2.00 bits per heavy atom. The largest absolute Gasteiger partial charge is 0.265 e. The van der Waals surface area contributed by atoms with E-state index in [2.05, 4.69) is 0 Å². The molecule has 3 nitrogen and oxygen atoms in total. The van der Waals surface area contributed by atoms with Crippen LogP contribution < -0.4 is 0 Å². The Kier molecular flexibility index (Phi) is 3.51. The van der Waals surface area contributed by atoms with Crippen molar-refractivity contribution in [1.29, 1.82) is 5.26 Å². The molecule has 0 atom stereocenters. The van der Waals surface area contributed by atoms with E-state index in [9.17, 15) is 17.2 Å². The minimum atomic E-state index is -4.20. The van der Waals surface area contributed by atoms with Crippen molar-refractivity contribution in [3.05, 3.63) is 28.8 Å². The van der Waals surface area contributed by atoms with Crippen molar-refractivity contribution in [1.82, 2.24) is 0 Å². The van der Waals surface area contributed by atoms with Crippen LogP contribution in [-0.2, 0) is 9.05 Å². The predicted octanol–water partition coefficient (Wildman–Crippen LogP) is 2.73. The zero-order chi connectivity index (χ0) is 12.5. The highest BCUT2D eigenvalue weighted by Crippen LogP contribution is 2.31. The summed E-state index contributed by atoms with van der Waals surface area (Å²) in [5.41, 5.74) is -1.04. The first-order chi connectivity index (χ1) is 7.29. The number of hydrogen-bond donors (Lipinski definition) is 0. The van der Waals surface area contributed by atoms with E-state index in [0.717, 1.165) is 6.07 Å². The van der Waals surface area contributed by atoms with Crippen molar-refractivity contribution < 1.29 is 17.2 Å². The van der Waals surface area contributed by atoms with Crippen LogP contribution in [0.2, 0.25) is 0 Å². The zero-order valence-corrected chi connectivity index (χ0v) is 9.61. The summed E-state index contributed by atoms with van der Waals surface area (Å²) in [5.74, 6) is 0. The number of nitrogens with zero attached hydrogens (tertiary/aromatic N) is 1. The first-order valence-electron chi connectivity index (χ1n) is 4.05. The minimum Gasteiger partial charge on any atom is -0.207 e. The quantitative estimate of drug-likeness (QED) is 0.773. The van der Waals surface area contributed by atoms with E-state index in [4.69, 9.17) is 15.9 Å². The maximum Gasteiger partial charge on any atom is 0.265 e. The van der Waals surface area contributed by atoms with Gasteiger partial charge in [0, 0.05) is 16.2 Å². The number of hydrogen-bond acceptors (Lipinski definition) is 3. The van der Waals surface area contributed by atoms with Gasteiger partial charge >= 0.3 is 0 Å². The molecule has 0 fully saturated rings. The number of alkyl halides is 2. The Bertz CT molecular complexity index is 564. The average Bonchev–Trinajstić information content (AvgIpc) is 2.14. The lowest BCUT2D eigenvalue weighted by Gasteiger charge is -2.09. The van der Waals surface area contributed by atoms with Crippen LogP contribution in [0.15, 0.2) is 17.0 Å². The van der Waals surface area contributed by atoms with Crippen molar-refractivity contribution in [3.8, 4) is 6.07 Å². The topological polar surface area (TPSA) is 57.9 Å². The zero-order valence-electron chi connectivity index (χ0n) is 8.04. The maximum atomic E-state index is 12.7. The molecule has 0 bridgehead atoms. The Labute approximate surface area is 95.7 Å². The van der Waals surface area contributed by atoms with Crippen LogP contribution in [0.1, 0.15) is 23.1 Å². The van der Waals surface area contributed by atoms with Gasteiger partial charge in [-0.25, -0.2) is 17.2 Å². The van der Waals surface area contributed by atoms with Crippen molar-refractivity contribution in [3.63, 3.8) is 0 Å². The van der Waals surface area contributed by atoms with Crippen molar-refractivity contribution in [2.24, 2.45) is 0 Å². The maximum absolute atomic E-state index is 12.7. The Balaban J connectivity index is 3.72. The van der Waals surface area contributed by atoms with Crippen molar-refractivity contribution in [2.75, 3.05) is 0 Å². The first-order valence-corrected chi connectivity index (χ1v) is 6.36. The summed E-state index contributed by atoms with van der Waals surface area (Å²) in [6, 6.07) is 3.69. The summed E-state index contributed by atoms with van der Waals surface area (Å²) >= 11 is 0. The normalized spacial score (nSPS) is 11.5. The molecule has 0 aromatic heterocycles. The summed E-state index contributed by atoms with van der Waals surface area (Å²) in [6.45, 7) is 1.37. The average molecular weight is 266 g/mol. The molecule has 0 amide bonds. The smallest absolute Gasteiger partial charge is 0.207 e. The van der Waals surface area contributed by atoms with Crippen LogP contribution in [-0.4, -0.2) is 8.42 Å². The molecule has 0 saturated carbocycles. The molecular formula is C9H6ClF2NO2S. The second kappa shape index (κ2) is 4.36. The van der Waals surface area contributed by atoms with Gasteiger partial charge in [0.1, 0.15) is 11.0 Å². The summed E-state index contributed by atoms with van der Waals surface area (Å²) < 4.78 is 47.4. The van der Waals surface area contributed by atoms with Gasteiger partial charge in [0.25, 0.3) is 15.5 Å². The van der Waals surface area contributed by atoms with Gasteiger partial charge in [0.2, 0.25) is 0 Å². The molecule has 0 aliphatic rings. The Hall–Kier alpha value is -1.19. The molecule has 0 aliphatic heterocycles. The number of rotatable bonds is 2. The van der Waals surface area contributed by atoms with E-state index >= 15 is 0 Å². The molecule has 0 heterocycles. The summed E-state index contributed by atoms with van der Waals surface area (Å²) in [7, 11) is 0.846. The van der Waals surface area contributed by atoms with Gasteiger partial charge in [-0.05, 0) is 18.6 Å². The van der Waals surface area contributed by atoms with Crippen LogP contribution in [0.3, 0.4) is 0 Å². The molecule has 0 unspecified atom stereocenters. The fourth-order valence-corrected chi connectivity index (χ4v) is 2.32. The Morgan fingerprint density at radius 1 is 1.44 bits per heavy atom. The van der Waals surface area contributed by atoms with Crippen LogP contribution in [0.25, 0.3) is 0 Å². The lowest BCUT2D eigenvalue weighted by molar-refractivity contribution is 0.150. The molecule has 0 saturated heterocycles. The number of halogens is 3. The highest BCUT2D eigenvalue weighted by molar-refractivity contribution is 8.13. The monoisotopic (exact) mass is 265 g/mol. The van der Waals surface area contributed by atoms with Crippen LogP contribution in [0.4, 0.5) is 8.78 Å². The molecule has 7 heteroatoms. The van der Waals surface area contributed by atoms with Gasteiger partial charge in [0.05, 0.1) is 5.56 Å². The summed E-state index contributed by atoms with van der Waals surface area (Å²) in [4.78, 5) is -0.586. The van der Waals surface area contributed by atoms with Gasteiger partial charge < -0.3 is 0 Å². The number of benzene rings is 1. The van der Waals surface area contributed by atoms with Gasteiger partial charge in [-0.1, -0.05) is 6.07 Å². The second-order valence-corrected chi connectivity index (χ2v) is 5.55. The van der Waals surface area contributed by atoms with Gasteiger partial charge in [-0.15, -0.1) is 0 Å². The van der Waals surface area contributed by atoms with E-state index < -0.39 is 31.5 Å².